The van der Waals surface area contributed by atoms with Crippen LogP contribution < -0.4 is 0 Å². The van der Waals surface area contributed by atoms with Gasteiger partial charge in [-0.1, -0.05) is 146 Å². The van der Waals surface area contributed by atoms with Gasteiger partial charge in [-0.15, -0.1) is 0 Å². The highest BCUT2D eigenvalue weighted by molar-refractivity contribution is 7.91. The number of rotatable bonds is 5. The summed E-state index contributed by atoms with van der Waals surface area (Å²) in [5, 5.41) is 16.4. The second-order valence-corrected chi connectivity index (χ2v) is 28.3. The van der Waals surface area contributed by atoms with Crippen LogP contribution in [-0.4, -0.2) is 22.1 Å². The van der Waals surface area contributed by atoms with Gasteiger partial charge in [0.1, 0.15) is 0 Å². The molecule has 0 spiro atoms. The van der Waals surface area contributed by atoms with Gasteiger partial charge in [0.2, 0.25) is 9.84 Å². The molecule has 0 aliphatic rings. The molecule has 76 heavy (non-hydrogen) atoms. The third kappa shape index (κ3) is 8.14. The largest absolute Gasteiger partial charge is 0.308 e. The van der Waals surface area contributed by atoms with Gasteiger partial charge in [-0.3, -0.25) is 0 Å². The van der Waals surface area contributed by atoms with Crippen molar-refractivity contribution in [2.75, 3.05) is 0 Å². The van der Waals surface area contributed by atoms with E-state index in [2.05, 4.69) is 227 Å². The topological polar surface area (TPSA) is 72.7 Å². The van der Waals surface area contributed by atoms with Crippen molar-refractivity contribution >= 4 is 75.3 Å². The molecule has 11 aromatic rings. The number of fused-ring (bicyclic) bond motifs is 12. The Morgan fingerprint density at radius 1 is 0.342 bits per heavy atom. The SMILES string of the molecule is CC(C)(C)c1ccc(-n2c3ccc(C(C)(C)C)cc3c3c2c2c4cc(C(C)(C)C)ccc4n(-c4ccc(S(=O)(=O)c5ccc(C#N)cc5)cc4)c2c2c4cc(C(C)(C)C)ccc4n(-c4ccc(C(C)(C)C)cc4)c32)cc1. The van der Waals surface area contributed by atoms with Crippen LogP contribution in [0.5, 0.6) is 0 Å². The van der Waals surface area contributed by atoms with Gasteiger partial charge in [0.05, 0.1) is 54.5 Å². The van der Waals surface area contributed by atoms with Crippen molar-refractivity contribution in [1.82, 2.24) is 13.7 Å². The molecule has 0 fully saturated rings. The monoisotopic (exact) mass is 1020 g/mol. The number of sulfone groups is 1. The van der Waals surface area contributed by atoms with Gasteiger partial charge in [0.25, 0.3) is 0 Å². The number of benzene rings is 8. The van der Waals surface area contributed by atoms with Crippen LogP contribution in [0.1, 0.15) is 137 Å². The number of hydrogen-bond acceptors (Lipinski definition) is 3. The molecule has 0 saturated carbocycles. The minimum atomic E-state index is -3.91. The van der Waals surface area contributed by atoms with Gasteiger partial charge < -0.3 is 13.7 Å². The van der Waals surface area contributed by atoms with Gasteiger partial charge in [-0.25, -0.2) is 8.42 Å². The molecule has 0 saturated heterocycles. The van der Waals surface area contributed by atoms with E-state index in [1.54, 1.807) is 24.3 Å². The molecule has 0 radical (unpaired) electrons. The van der Waals surface area contributed by atoms with Gasteiger partial charge in [-0.2, -0.15) is 5.26 Å². The summed E-state index contributed by atoms with van der Waals surface area (Å²) in [5.41, 5.74) is 15.7. The van der Waals surface area contributed by atoms with E-state index in [0.717, 1.165) is 71.7 Å². The molecular formula is C69H70N4O2S. The van der Waals surface area contributed by atoms with Crippen LogP contribution in [0.2, 0.25) is 0 Å². The average molecular weight is 1020 g/mol. The Morgan fingerprint density at radius 2 is 0.592 bits per heavy atom. The number of aromatic nitrogens is 3. The minimum Gasteiger partial charge on any atom is -0.308 e. The number of nitriles is 1. The summed E-state index contributed by atoms with van der Waals surface area (Å²) in [7, 11) is -3.91. The maximum Gasteiger partial charge on any atom is 0.206 e. The zero-order valence-electron chi connectivity index (χ0n) is 46.9. The Kier molecular flexibility index (Phi) is 11.4. The Morgan fingerprint density at radius 3 is 0.855 bits per heavy atom. The molecule has 384 valence electrons. The lowest BCUT2D eigenvalue weighted by Gasteiger charge is -2.20. The molecule has 8 aromatic carbocycles. The molecule has 0 aliphatic carbocycles. The summed E-state index contributed by atoms with van der Waals surface area (Å²) in [6.45, 7) is 34.2. The van der Waals surface area contributed by atoms with Crippen LogP contribution in [0.15, 0.2) is 161 Å². The van der Waals surface area contributed by atoms with Crippen molar-refractivity contribution in [3.63, 3.8) is 0 Å². The quantitative estimate of drug-likeness (QED) is 0.172. The summed E-state index contributed by atoms with van der Waals surface area (Å²) >= 11 is 0. The second-order valence-electron chi connectivity index (χ2n) is 26.4. The van der Waals surface area contributed by atoms with Crippen molar-refractivity contribution in [1.29, 1.82) is 5.26 Å². The van der Waals surface area contributed by atoms with E-state index in [1.807, 2.05) is 12.1 Å². The van der Waals surface area contributed by atoms with Gasteiger partial charge in [0, 0.05) is 49.4 Å². The lowest BCUT2D eigenvalue weighted by molar-refractivity contribution is 0.590. The van der Waals surface area contributed by atoms with Crippen molar-refractivity contribution in [2.24, 2.45) is 0 Å². The van der Waals surface area contributed by atoms with Crippen molar-refractivity contribution in [3.05, 3.63) is 185 Å². The molecule has 0 aliphatic heterocycles. The summed E-state index contributed by atoms with van der Waals surface area (Å²) in [6, 6.07) is 55.2. The first-order valence-corrected chi connectivity index (χ1v) is 28.2. The normalized spacial score (nSPS) is 13.3. The van der Waals surface area contributed by atoms with Crippen molar-refractivity contribution in [3.8, 4) is 23.1 Å². The maximum atomic E-state index is 14.3. The van der Waals surface area contributed by atoms with Gasteiger partial charge in [-0.05, 0) is 164 Å². The minimum absolute atomic E-state index is 0.0382. The Hall–Kier alpha value is -7.40. The third-order valence-electron chi connectivity index (χ3n) is 15.9. The third-order valence-corrected chi connectivity index (χ3v) is 17.7. The predicted octanol–water partition coefficient (Wildman–Crippen LogP) is 18.2. The summed E-state index contributed by atoms with van der Waals surface area (Å²) < 4.78 is 36.1. The van der Waals surface area contributed by atoms with E-state index in [0.29, 0.717) is 5.56 Å². The number of hydrogen-bond donors (Lipinski definition) is 0. The molecule has 7 heteroatoms. The van der Waals surface area contributed by atoms with E-state index in [1.165, 1.54) is 50.7 Å². The van der Waals surface area contributed by atoms with E-state index in [-0.39, 0.29) is 36.9 Å². The Labute approximate surface area is 449 Å². The summed E-state index contributed by atoms with van der Waals surface area (Å²) in [5.74, 6) is 0. The van der Waals surface area contributed by atoms with E-state index in [9.17, 15) is 13.7 Å². The Balaban J connectivity index is 1.42. The smallest absolute Gasteiger partial charge is 0.206 e. The van der Waals surface area contributed by atoms with Crippen LogP contribution in [0.3, 0.4) is 0 Å². The molecule has 3 aromatic heterocycles. The molecule has 0 atom stereocenters. The van der Waals surface area contributed by atoms with Gasteiger partial charge in [0.15, 0.2) is 0 Å². The van der Waals surface area contributed by atoms with Crippen molar-refractivity contribution in [2.45, 2.75) is 141 Å². The zero-order chi connectivity index (χ0) is 54.4. The standard InChI is InChI=1S/C69H70N4O2S/c1-65(2,3)43-18-25-48(26-19-43)71-56-35-22-45(67(7,8)9)38-53(56)59-62-60(54-39-46(68(10,11)12)23-36-57(54)72(62)49-27-20-44(21-28-49)66(4,5)6)64-61(63(59)71)55-40-47(69(13,14)15)24-37-58(55)73(64)50-29-33-52(34-30-50)76(74,75)51-31-16-42(41-70)17-32-51/h16-40H,1-15H3. The molecule has 6 nitrogen and oxygen atoms in total. The fourth-order valence-corrected chi connectivity index (χ4v) is 12.6. The molecular weight excluding hydrogens is 949 g/mol. The maximum absolute atomic E-state index is 14.3. The van der Waals surface area contributed by atoms with Crippen LogP contribution in [-0.2, 0) is 36.9 Å². The number of nitrogens with zero attached hydrogens (tertiary/aromatic N) is 4. The van der Waals surface area contributed by atoms with Crippen molar-refractivity contribution < 1.29 is 8.42 Å². The van der Waals surface area contributed by atoms with Crippen LogP contribution in [0, 0.1) is 11.3 Å². The molecule has 11 rings (SSSR count). The summed E-state index contributed by atoms with van der Waals surface area (Å²) in [4.78, 5) is 0.328. The van der Waals surface area contributed by atoms with E-state index >= 15 is 0 Å². The highest BCUT2D eigenvalue weighted by Crippen LogP contribution is 2.52. The first-order chi connectivity index (χ1) is 35.6. The van der Waals surface area contributed by atoms with Crippen LogP contribution in [0.25, 0.3) is 82.5 Å². The van der Waals surface area contributed by atoms with Crippen LogP contribution >= 0.6 is 0 Å². The molecule has 0 amide bonds. The Bertz CT molecular complexity index is 4220. The molecule has 0 N–H and O–H groups in total. The molecule has 0 unspecified atom stereocenters. The van der Waals surface area contributed by atoms with Crippen LogP contribution in [0.4, 0.5) is 0 Å². The van der Waals surface area contributed by atoms with Gasteiger partial charge >= 0.3 is 0 Å². The summed E-state index contributed by atoms with van der Waals surface area (Å²) in [6.07, 6.45) is 0. The second kappa shape index (κ2) is 17.1. The lowest BCUT2D eigenvalue weighted by Crippen LogP contribution is -2.11. The molecule has 0 bridgehead atoms. The van der Waals surface area contributed by atoms with E-state index in [4.69, 9.17) is 0 Å². The zero-order valence-corrected chi connectivity index (χ0v) is 47.8. The fourth-order valence-electron chi connectivity index (χ4n) is 11.3. The average Bonchev–Trinajstić information content (AvgIpc) is 4.00. The molecule has 3 heterocycles. The highest BCUT2D eigenvalue weighted by atomic mass is 32.2. The van der Waals surface area contributed by atoms with E-state index < -0.39 is 9.84 Å². The highest BCUT2D eigenvalue weighted by Gasteiger charge is 2.32. The fraction of sp³-hybridized carbons (Fsp3) is 0.290. The first kappa shape index (κ1) is 50.7. The first-order valence-electron chi connectivity index (χ1n) is 26.7. The predicted molar refractivity (Wildman–Crippen MR) is 320 cm³/mol. The lowest BCUT2D eigenvalue weighted by atomic mass is 9.85.